The highest BCUT2D eigenvalue weighted by Crippen LogP contribution is 2.37. The van der Waals surface area contributed by atoms with Crippen molar-refractivity contribution >= 4 is 43.9 Å². The van der Waals surface area contributed by atoms with E-state index in [0.717, 1.165) is 39.1 Å². The van der Waals surface area contributed by atoms with Crippen LogP contribution < -0.4 is 4.90 Å². The number of aromatic nitrogens is 1. The summed E-state index contributed by atoms with van der Waals surface area (Å²) in [6, 6.07) is 20.2. The number of para-hydroxylation sites is 1. The molecule has 26 heavy (non-hydrogen) atoms. The molecule has 0 N–H and O–H groups in total. The number of thiazole rings is 1. The normalized spacial score (nSPS) is 13.5. The van der Waals surface area contributed by atoms with Crippen molar-refractivity contribution < 1.29 is 4.79 Å². The van der Waals surface area contributed by atoms with Gasteiger partial charge in [-0.25, -0.2) is 4.98 Å². The average molecular weight is 359 g/mol. The van der Waals surface area contributed by atoms with E-state index >= 15 is 0 Å². The van der Waals surface area contributed by atoms with Crippen LogP contribution >= 0.6 is 11.3 Å². The summed E-state index contributed by atoms with van der Waals surface area (Å²) in [6.07, 6.45) is 0. The van der Waals surface area contributed by atoms with Gasteiger partial charge in [0.05, 0.1) is 29.1 Å². The van der Waals surface area contributed by atoms with Crippen LogP contribution in [0, 0.1) is 0 Å². The Morgan fingerprint density at radius 3 is 2.69 bits per heavy atom. The van der Waals surface area contributed by atoms with Crippen molar-refractivity contribution in [3.63, 3.8) is 0 Å². The van der Waals surface area contributed by atoms with Gasteiger partial charge in [-0.2, -0.15) is 0 Å². The minimum absolute atomic E-state index is 0.0768. The molecule has 1 aromatic heterocycles. The minimum atomic E-state index is 0.0768. The maximum atomic E-state index is 12.9. The summed E-state index contributed by atoms with van der Waals surface area (Å²) in [5.74, 6) is 0.0768. The molecule has 3 aromatic carbocycles. The van der Waals surface area contributed by atoms with Gasteiger partial charge < -0.3 is 0 Å². The van der Waals surface area contributed by atoms with Crippen LogP contribution in [0.5, 0.6) is 0 Å². The smallest absolute Gasteiger partial charge is 0.260 e. The first-order valence-electron chi connectivity index (χ1n) is 8.57. The molecule has 0 saturated carbocycles. The Balaban J connectivity index is 1.41. The molecule has 1 amide bonds. The molecule has 128 valence electrons. The number of hydrogen-bond donors (Lipinski definition) is 0. The number of carbonyl (C=O) groups is 1. The Labute approximate surface area is 155 Å². The summed E-state index contributed by atoms with van der Waals surface area (Å²) < 4.78 is 1.20. The highest BCUT2D eigenvalue weighted by Gasteiger charge is 2.30. The monoisotopic (exact) mass is 359 g/mol. The maximum absolute atomic E-state index is 12.9. The van der Waals surface area contributed by atoms with Crippen molar-refractivity contribution in [3.8, 4) is 0 Å². The summed E-state index contributed by atoms with van der Waals surface area (Å²) in [4.78, 5) is 21.6. The van der Waals surface area contributed by atoms with Gasteiger partial charge in [0.2, 0.25) is 0 Å². The van der Waals surface area contributed by atoms with E-state index in [2.05, 4.69) is 23.1 Å². The van der Waals surface area contributed by atoms with E-state index in [1.54, 1.807) is 11.3 Å². The van der Waals surface area contributed by atoms with Gasteiger partial charge in [-0.1, -0.05) is 36.4 Å². The molecule has 5 rings (SSSR count). The fourth-order valence-electron chi connectivity index (χ4n) is 3.63. The molecule has 1 aliphatic rings. The molecule has 4 nitrogen and oxygen atoms in total. The number of hydrogen-bond acceptors (Lipinski definition) is 4. The Kier molecular flexibility index (Phi) is 3.51. The molecule has 0 aliphatic carbocycles. The molecular formula is C21H17N3OS. The first-order chi connectivity index (χ1) is 12.7. The van der Waals surface area contributed by atoms with E-state index in [-0.39, 0.29) is 5.91 Å². The maximum Gasteiger partial charge on any atom is 0.260 e. The molecule has 0 saturated heterocycles. The zero-order chi connectivity index (χ0) is 17.7. The standard InChI is InChI=1S/C21H17N3OS/c1-23(12-19-22-16-9-2-3-11-18(16)26-19)13-24-17-10-5-7-14-6-4-8-15(20(14)17)21(24)25/h2-11H,12-13H2,1H3. The topological polar surface area (TPSA) is 36.4 Å². The first-order valence-corrected chi connectivity index (χ1v) is 9.39. The minimum Gasteiger partial charge on any atom is -0.294 e. The van der Waals surface area contributed by atoms with Gasteiger partial charge in [0, 0.05) is 10.9 Å². The van der Waals surface area contributed by atoms with E-state index in [9.17, 15) is 4.79 Å². The molecule has 4 aromatic rings. The van der Waals surface area contributed by atoms with Crippen molar-refractivity contribution in [3.05, 3.63) is 71.2 Å². The Hall–Kier alpha value is -2.76. The van der Waals surface area contributed by atoms with E-state index in [4.69, 9.17) is 4.98 Å². The lowest BCUT2D eigenvalue weighted by Gasteiger charge is -2.24. The van der Waals surface area contributed by atoms with Crippen LogP contribution in [-0.4, -0.2) is 29.5 Å². The molecule has 5 heteroatoms. The third-order valence-electron chi connectivity index (χ3n) is 4.78. The second kappa shape index (κ2) is 5.90. The zero-order valence-electron chi connectivity index (χ0n) is 14.3. The molecule has 0 radical (unpaired) electrons. The van der Waals surface area contributed by atoms with Crippen LogP contribution in [0.3, 0.4) is 0 Å². The summed E-state index contributed by atoms with van der Waals surface area (Å²) >= 11 is 1.71. The van der Waals surface area contributed by atoms with E-state index in [1.807, 2.05) is 54.4 Å². The number of amides is 1. The van der Waals surface area contributed by atoms with Gasteiger partial charge in [0.25, 0.3) is 5.91 Å². The third kappa shape index (κ3) is 2.40. The van der Waals surface area contributed by atoms with Crippen LogP contribution in [0.2, 0.25) is 0 Å². The van der Waals surface area contributed by atoms with Crippen LogP contribution in [0.1, 0.15) is 15.4 Å². The molecule has 0 spiro atoms. The van der Waals surface area contributed by atoms with Crippen molar-refractivity contribution in [2.24, 2.45) is 0 Å². The fourth-order valence-corrected chi connectivity index (χ4v) is 4.68. The van der Waals surface area contributed by atoms with Crippen LogP contribution in [0.15, 0.2) is 60.7 Å². The Morgan fingerprint density at radius 1 is 1.04 bits per heavy atom. The predicted octanol–water partition coefficient (Wildman–Crippen LogP) is 4.50. The van der Waals surface area contributed by atoms with Gasteiger partial charge in [-0.15, -0.1) is 11.3 Å². The van der Waals surface area contributed by atoms with Crippen LogP contribution in [-0.2, 0) is 6.54 Å². The van der Waals surface area contributed by atoms with Crippen LogP contribution in [0.4, 0.5) is 5.69 Å². The first kappa shape index (κ1) is 15.5. The second-order valence-electron chi connectivity index (χ2n) is 6.64. The van der Waals surface area contributed by atoms with Gasteiger partial charge in [-0.05, 0) is 36.7 Å². The van der Waals surface area contributed by atoms with Gasteiger partial charge >= 0.3 is 0 Å². The van der Waals surface area contributed by atoms with E-state index in [0.29, 0.717) is 6.67 Å². The zero-order valence-corrected chi connectivity index (χ0v) is 15.2. The number of anilines is 1. The summed E-state index contributed by atoms with van der Waals surface area (Å²) in [5, 5.41) is 3.24. The number of rotatable bonds is 4. The molecular weight excluding hydrogens is 342 g/mol. The number of carbonyl (C=O) groups excluding carboxylic acids is 1. The molecule has 0 fully saturated rings. The summed E-state index contributed by atoms with van der Waals surface area (Å²) in [6.45, 7) is 1.26. The SMILES string of the molecule is CN(Cc1nc2ccccc2s1)CN1C(=O)c2cccc3cccc1c23. The van der Waals surface area contributed by atoms with Gasteiger partial charge in [-0.3, -0.25) is 14.6 Å². The lowest BCUT2D eigenvalue weighted by atomic mass is 10.1. The third-order valence-corrected chi connectivity index (χ3v) is 5.80. The lowest BCUT2D eigenvalue weighted by Crippen LogP contribution is -2.37. The quantitative estimate of drug-likeness (QED) is 0.538. The Bertz CT molecular complexity index is 1110. The summed E-state index contributed by atoms with van der Waals surface area (Å²) in [5.41, 5.74) is 2.83. The van der Waals surface area contributed by atoms with Gasteiger partial charge in [0.1, 0.15) is 5.01 Å². The summed E-state index contributed by atoms with van der Waals surface area (Å²) in [7, 11) is 2.03. The highest BCUT2D eigenvalue weighted by atomic mass is 32.1. The van der Waals surface area contributed by atoms with E-state index in [1.165, 1.54) is 4.70 Å². The molecule has 0 unspecified atom stereocenters. The highest BCUT2D eigenvalue weighted by molar-refractivity contribution is 7.18. The number of nitrogens with zero attached hydrogens (tertiary/aromatic N) is 3. The molecule has 0 bridgehead atoms. The van der Waals surface area contributed by atoms with E-state index < -0.39 is 0 Å². The van der Waals surface area contributed by atoms with Crippen molar-refractivity contribution in [1.82, 2.24) is 9.88 Å². The average Bonchev–Trinajstić information content (AvgIpc) is 3.17. The van der Waals surface area contributed by atoms with Crippen molar-refractivity contribution in [2.45, 2.75) is 6.54 Å². The predicted molar refractivity (Wildman–Crippen MR) is 107 cm³/mol. The second-order valence-corrected chi connectivity index (χ2v) is 7.76. The fraction of sp³-hybridized carbons (Fsp3) is 0.143. The molecule has 1 aliphatic heterocycles. The van der Waals surface area contributed by atoms with Crippen LogP contribution in [0.25, 0.3) is 21.0 Å². The largest absolute Gasteiger partial charge is 0.294 e. The molecule has 0 atom stereocenters. The molecule has 2 heterocycles. The lowest BCUT2D eigenvalue weighted by molar-refractivity contribution is 0.0977. The number of fused-ring (bicyclic) bond motifs is 1. The van der Waals surface area contributed by atoms with Crippen molar-refractivity contribution in [1.29, 1.82) is 0 Å². The number of benzene rings is 3. The van der Waals surface area contributed by atoms with Gasteiger partial charge in [0.15, 0.2) is 0 Å². The van der Waals surface area contributed by atoms with Crippen molar-refractivity contribution in [2.75, 3.05) is 18.6 Å². The Morgan fingerprint density at radius 2 is 1.85 bits per heavy atom.